The normalized spacial score (nSPS) is 16.3. The number of aliphatic hydroxyl groups excluding tert-OH is 2. The number of ether oxygens (including phenoxy) is 4. The molecule has 1 aliphatic rings. The van der Waals surface area contributed by atoms with Gasteiger partial charge in [-0.1, -0.05) is 72.8 Å². The zero-order valence-corrected chi connectivity index (χ0v) is 29.6. The molecule has 4 atom stereocenters. The Kier molecular flexibility index (Phi) is 12.2. The van der Waals surface area contributed by atoms with Crippen molar-refractivity contribution in [1.82, 2.24) is 0 Å². The Morgan fingerprint density at radius 2 is 1.55 bits per heavy atom. The van der Waals surface area contributed by atoms with Crippen molar-refractivity contribution < 1.29 is 49.0 Å². The molecule has 0 spiro atoms. The Bertz CT molecular complexity index is 2030. The lowest BCUT2D eigenvalue weighted by molar-refractivity contribution is -0.180. The molecule has 53 heavy (non-hydrogen) atoms. The molecular weight excluding hydrogens is 678 g/mol. The average Bonchev–Trinajstić information content (AvgIpc) is 3.15. The molecule has 276 valence electrons. The van der Waals surface area contributed by atoms with Gasteiger partial charge < -0.3 is 45.1 Å². The molecule has 0 aliphatic carbocycles. The summed E-state index contributed by atoms with van der Waals surface area (Å²) in [5, 5.41) is 40.3. The van der Waals surface area contributed by atoms with Gasteiger partial charge in [-0.05, 0) is 85.0 Å². The van der Waals surface area contributed by atoms with Gasteiger partial charge >= 0.3 is 11.9 Å². The van der Waals surface area contributed by atoms with Gasteiger partial charge in [-0.25, -0.2) is 9.59 Å². The van der Waals surface area contributed by atoms with Gasteiger partial charge in [-0.15, -0.1) is 0 Å². The molecule has 0 amide bonds. The standard InChI is InChI=1S/C24H25NO4.C18H18O6/c1-27-22-9-7-19(25)12-17(22)11-18-15-29-23-10-8-20(13-21(23)24(18)26)28-14-16-5-3-2-4-6-16;1-11-7-3-5-9-13(11)18(17(22)23,15(19)16(20)21)24-14-10-6-4-8-12(14)2/h2-10,12-13,18,24,26H,11,14-15,25H2,1H3;3-10,15,19H,1-2H3,(H,20,21)(H,22,23)/t;15-,18+/m.0/s1. The molecule has 5 aromatic rings. The smallest absolute Gasteiger partial charge is 0.356 e. The van der Waals surface area contributed by atoms with Gasteiger partial charge in [0, 0.05) is 22.7 Å². The Balaban J connectivity index is 0.000000209. The molecule has 0 radical (unpaired) electrons. The molecule has 6 rings (SSSR count). The molecule has 6 N–H and O–H groups in total. The zero-order chi connectivity index (χ0) is 38.1. The van der Waals surface area contributed by atoms with Crippen LogP contribution in [0.25, 0.3) is 0 Å². The van der Waals surface area contributed by atoms with Gasteiger partial charge in [-0.2, -0.15) is 0 Å². The molecule has 0 saturated heterocycles. The van der Waals surface area contributed by atoms with E-state index in [0.29, 0.717) is 47.9 Å². The summed E-state index contributed by atoms with van der Waals surface area (Å²) in [7, 11) is 1.63. The maximum atomic E-state index is 12.1. The third-order valence-electron chi connectivity index (χ3n) is 9.08. The molecule has 5 aromatic carbocycles. The Morgan fingerprint density at radius 3 is 2.21 bits per heavy atom. The van der Waals surface area contributed by atoms with Crippen molar-refractivity contribution in [3.05, 3.63) is 149 Å². The number of carboxylic acids is 2. The van der Waals surface area contributed by atoms with Crippen LogP contribution in [0.4, 0.5) is 5.69 Å². The molecule has 1 heterocycles. The molecule has 11 nitrogen and oxygen atoms in total. The fraction of sp³-hybridized carbons (Fsp3) is 0.238. The number of carbonyl (C=O) groups is 2. The van der Waals surface area contributed by atoms with E-state index in [4.69, 9.17) is 24.7 Å². The topological polar surface area (TPSA) is 178 Å². The number of aliphatic hydroxyl groups is 2. The Hall–Kier alpha value is -6.04. The second-order valence-electron chi connectivity index (χ2n) is 12.7. The molecule has 0 bridgehead atoms. The van der Waals surface area contributed by atoms with E-state index in [1.54, 1.807) is 57.4 Å². The predicted octanol–water partition coefficient (Wildman–Crippen LogP) is 6.25. The van der Waals surface area contributed by atoms with Gasteiger partial charge in [0.2, 0.25) is 6.10 Å². The minimum Gasteiger partial charge on any atom is -0.496 e. The summed E-state index contributed by atoms with van der Waals surface area (Å²) in [6.07, 6.45) is -2.36. The van der Waals surface area contributed by atoms with Crippen LogP contribution in [-0.2, 0) is 28.2 Å². The summed E-state index contributed by atoms with van der Waals surface area (Å²) in [6.45, 7) is 4.23. The molecule has 0 saturated carbocycles. The number of hydrogen-bond donors (Lipinski definition) is 5. The number of nitrogen functional groups attached to an aromatic ring is 1. The lowest BCUT2D eigenvalue weighted by atomic mass is 9.84. The summed E-state index contributed by atoms with van der Waals surface area (Å²) >= 11 is 0. The van der Waals surface area contributed by atoms with E-state index >= 15 is 0 Å². The second-order valence-corrected chi connectivity index (χ2v) is 12.7. The number of aliphatic carboxylic acids is 2. The third kappa shape index (κ3) is 8.71. The second kappa shape index (κ2) is 17.0. The first-order valence-electron chi connectivity index (χ1n) is 16.9. The van der Waals surface area contributed by atoms with Crippen LogP contribution >= 0.6 is 0 Å². The first-order chi connectivity index (χ1) is 25.4. The monoisotopic (exact) mass is 721 g/mol. The van der Waals surface area contributed by atoms with E-state index in [-0.39, 0.29) is 17.2 Å². The van der Waals surface area contributed by atoms with E-state index in [0.717, 1.165) is 22.4 Å². The van der Waals surface area contributed by atoms with Gasteiger partial charge in [0.25, 0.3) is 5.60 Å². The molecular formula is C42H43NO10. The Morgan fingerprint density at radius 1 is 0.868 bits per heavy atom. The highest BCUT2D eigenvalue weighted by molar-refractivity contribution is 5.89. The number of nitrogens with two attached hydrogens (primary N) is 1. The summed E-state index contributed by atoms with van der Waals surface area (Å²) in [6, 6.07) is 34.1. The molecule has 11 heteroatoms. The van der Waals surface area contributed by atoms with Crippen LogP contribution < -0.4 is 24.7 Å². The summed E-state index contributed by atoms with van der Waals surface area (Å²) in [5.41, 5.74) is 8.12. The first-order valence-corrected chi connectivity index (χ1v) is 16.9. The minimum atomic E-state index is -2.47. The molecule has 0 aromatic heterocycles. The lowest BCUT2D eigenvalue weighted by Gasteiger charge is -2.34. The van der Waals surface area contributed by atoms with Crippen LogP contribution in [-0.4, -0.2) is 52.2 Å². The van der Waals surface area contributed by atoms with Gasteiger partial charge in [0.1, 0.15) is 29.6 Å². The van der Waals surface area contributed by atoms with Crippen molar-refractivity contribution in [2.75, 3.05) is 19.5 Å². The maximum Gasteiger partial charge on any atom is 0.356 e. The van der Waals surface area contributed by atoms with E-state index in [1.807, 2.05) is 66.7 Å². The zero-order valence-electron chi connectivity index (χ0n) is 29.6. The van der Waals surface area contributed by atoms with Gasteiger partial charge in [-0.3, -0.25) is 0 Å². The van der Waals surface area contributed by atoms with Crippen molar-refractivity contribution in [2.45, 2.75) is 44.7 Å². The number of para-hydroxylation sites is 1. The molecule has 2 unspecified atom stereocenters. The van der Waals surface area contributed by atoms with Crippen LogP contribution in [0.5, 0.6) is 23.0 Å². The van der Waals surface area contributed by atoms with E-state index in [1.165, 1.54) is 12.1 Å². The highest BCUT2D eigenvalue weighted by atomic mass is 16.5. The first kappa shape index (κ1) is 38.2. The fourth-order valence-electron chi connectivity index (χ4n) is 6.21. The number of aryl methyl sites for hydroxylation is 2. The van der Waals surface area contributed by atoms with Crippen molar-refractivity contribution in [3.63, 3.8) is 0 Å². The van der Waals surface area contributed by atoms with E-state index in [2.05, 4.69) is 0 Å². The summed E-state index contributed by atoms with van der Waals surface area (Å²) in [4.78, 5) is 23.5. The van der Waals surface area contributed by atoms with Crippen molar-refractivity contribution in [1.29, 1.82) is 0 Å². The van der Waals surface area contributed by atoms with Gasteiger partial charge in [0.15, 0.2) is 0 Å². The summed E-state index contributed by atoms with van der Waals surface area (Å²) in [5.74, 6) is -1.04. The van der Waals surface area contributed by atoms with Crippen LogP contribution in [0.2, 0.25) is 0 Å². The number of carboxylic acid groups (broad SMARTS) is 2. The maximum absolute atomic E-state index is 12.1. The molecule has 1 aliphatic heterocycles. The fourth-order valence-corrected chi connectivity index (χ4v) is 6.21. The highest BCUT2D eigenvalue weighted by Gasteiger charge is 2.54. The average molecular weight is 722 g/mol. The van der Waals surface area contributed by atoms with Crippen molar-refractivity contribution >= 4 is 17.6 Å². The van der Waals surface area contributed by atoms with Crippen molar-refractivity contribution in [2.24, 2.45) is 5.92 Å². The number of benzene rings is 5. The van der Waals surface area contributed by atoms with E-state index < -0.39 is 29.7 Å². The predicted molar refractivity (Wildman–Crippen MR) is 198 cm³/mol. The summed E-state index contributed by atoms with van der Waals surface area (Å²) < 4.78 is 22.9. The Labute approximate surface area is 307 Å². The number of hydrogen-bond acceptors (Lipinski definition) is 9. The van der Waals surface area contributed by atoms with Crippen LogP contribution in [0.1, 0.15) is 39.5 Å². The van der Waals surface area contributed by atoms with Gasteiger partial charge in [0.05, 0.1) is 19.8 Å². The quantitative estimate of drug-likeness (QED) is 0.0921. The number of anilines is 1. The SMILES string of the molecule is COc1ccc(N)cc1CC1COc2ccc(OCc3ccccc3)cc2C1O.Cc1ccccc1O[C@](C(=O)O)(c1ccccc1C)[C@@H](O)C(=O)O. The van der Waals surface area contributed by atoms with Crippen molar-refractivity contribution in [3.8, 4) is 23.0 Å². The van der Waals surface area contributed by atoms with Crippen LogP contribution in [0.3, 0.4) is 0 Å². The number of methoxy groups -OCH3 is 1. The minimum absolute atomic E-state index is 0.0793. The molecule has 0 fully saturated rings. The third-order valence-corrected chi connectivity index (χ3v) is 9.08. The largest absolute Gasteiger partial charge is 0.496 e. The highest BCUT2D eigenvalue weighted by Crippen LogP contribution is 2.40. The van der Waals surface area contributed by atoms with Crippen LogP contribution in [0, 0.1) is 19.8 Å². The lowest BCUT2D eigenvalue weighted by Crippen LogP contribution is -2.55. The van der Waals surface area contributed by atoms with Crippen LogP contribution in [0.15, 0.2) is 115 Å². The number of rotatable bonds is 12. The van der Waals surface area contributed by atoms with E-state index in [9.17, 15) is 30.0 Å². The number of fused-ring (bicyclic) bond motifs is 1.